The van der Waals surface area contributed by atoms with Gasteiger partial charge in [-0.25, -0.2) is 4.98 Å². The number of anilines is 1. The van der Waals surface area contributed by atoms with Crippen LogP contribution in [-0.2, 0) is 11.2 Å². The molecule has 1 N–H and O–H groups in total. The predicted molar refractivity (Wildman–Crippen MR) is 116 cm³/mol. The first-order valence-corrected chi connectivity index (χ1v) is 10.6. The Morgan fingerprint density at radius 3 is 2.61 bits per heavy atom. The molecule has 2 aromatic carbocycles. The van der Waals surface area contributed by atoms with E-state index in [4.69, 9.17) is 16.3 Å². The monoisotopic (exact) mass is 414 g/mol. The topological polar surface area (TPSA) is 51.2 Å². The molecule has 4 nitrogen and oxygen atoms in total. The van der Waals surface area contributed by atoms with Gasteiger partial charge in [-0.2, -0.15) is 0 Å². The molecule has 3 rings (SSSR count). The molecule has 0 aliphatic heterocycles. The number of amides is 1. The van der Waals surface area contributed by atoms with Gasteiger partial charge in [0.2, 0.25) is 5.91 Å². The molecule has 0 saturated heterocycles. The van der Waals surface area contributed by atoms with E-state index >= 15 is 0 Å². The first-order chi connectivity index (χ1) is 13.6. The molecule has 0 fully saturated rings. The number of carbonyl (C=O) groups is 1. The van der Waals surface area contributed by atoms with E-state index in [0.717, 1.165) is 29.8 Å². The molecule has 0 saturated carbocycles. The lowest BCUT2D eigenvalue weighted by molar-refractivity contribution is -0.116. The largest absolute Gasteiger partial charge is 0.494 e. The van der Waals surface area contributed by atoms with Crippen LogP contribution >= 0.6 is 22.9 Å². The van der Waals surface area contributed by atoms with E-state index in [9.17, 15) is 4.79 Å². The Bertz CT molecular complexity index is 892. The number of benzene rings is 2. The molecule has 0 spiro atoms. The van der Waals surface area contributed by atoms with Crippen LogP contribution in [0.3, 0.4) is 0 Å². The first-order valence-electron chi connectivity index (χ1n) is 9.37. The van der Waals surface area contributed by atoms with Crippen LogP contribution in [0.4, 0.5) is 5.13 Å². The van der Waals surface area contributed by atoms with Gasteiger partial charge in [0, 0.05) is 22.4 Å². The molecular weight excluding hydrogens is 392 g/mol. The highest BCUT2D eigenvalue weighted by Gasteiger charge is 2.08. The van der Waals surface area contributed by atoms with E-state index in [1.54, 1.807) is 0 Å². The molecule has 0 radical (unpaired) electrons. The summed E-state index contributed by atoms with van der Waals surface area (Å²) in [5, 5.41) is 6.06. The van der Waals surface area contributed by atoms with E-state index in [-0.39, 0.29) is 5.91 Å². The van der Waals surface area contributed by atoms with Crippen LogP contribution in [0.15, 0.2) is 53.9 Å². The van der Waals surface area contributed by atoms with Gasteiger partial charge in [-0.15, -0.1) is 11.3 Å². The molecule has 28 heavy (non-hydrogen) atoms. The number of aromatic nitrogens is 1. The minimum atomic E-state index is -0.0566. The van der Waals surface area contributed by atoms with Crippen molar-refractivity contribution in [1.82, 2.24) is 4.98 Å². The van der Waals surface area contributed by atoms with Gasteiger partial charge in [0.1, 0.15) is 5.75 Å². The maximum atomic E-state index is 12.1. The van der Waals surface area contributed by atoms with Crippen molar-refractivity contribution in [1.29, 1.82) is 0 Å². The SMILES string of the molecule is CCCc1ccc(OCCCC(=O)Nc2nc(-c3ccc(Cl)cc3)cs2)cc1. The molecule has 146 valence electrons. The second-order valence-corrected chi connectivity index (χ2v) is 7.73. The summed E-state index contributed by atoms with van der Waals surface area (Å²) in [6.45, 7) is 2.67. The molecule has 6 heteroatoms. The average Bonchev–Trinajstić information content (AvgIpc) is 3.15. The first kappa shape index (κ1) is 20.4. The van der Waals surface area contributed by atoms with Crippen LogP contribution in [0.5, 0.6) is 5.75 Å². The standard InChI is InChI=1S/C22H23ClN2O2S/c1-2-4-16-6-12-19(13-7-16)27-14-3-5-21(26)25-22-24-20(15-28-22)17-8-10-18(23)11-9-17/h6-13,15H,2-5,14H2,1H3,(H,24,25,26). The molecule has 0 aliphatic rings. The highest BCUT2D eigenvalue weighted by atomic mass is 35.5. The zero-order valence-corrected chi connectivity index (χ0v) is 17.4. The Kier molecular flexibility index (Phi) is 7.46. The number of hydrogen-bond donors (Lipinski definition) is 1. The van der Waals surface area contributed by atoms with Gasteiger partial charge in [0.15, 0.2) is 5.13 Å². The highest BCUT2D eigenvalue weighted by molar-refractivity contribution is 7.14. The molecular formula is C22H23ClN2O2S. The van der Waals surface area contributed by atoms with E-state index in [2.05, 4.69) is 29.4 Å². The van der Waals surface area contributed by atoms with E-state index in [1.807, 2.05) is 41.8 Å². The van der Waals surface area contributed by atoms with E-state index in [0.29, 0.717) is 29.6 Å². The van der Waals surface area contributed by atoms with E-state index in [1.165, 1.54) is 16.9 Å². The number of nitrogens with zero attached hydrogens (tertiary/aromatic N) is 1. The van der Waals surface area contributed by atoms with Gasteiger partial charge in [0.05, 0.1) is 12.3 Å². The van der Waals surface area contributed by atoms with Crippen molar-refractivity contribution in [2.45, 2.75) is 32.6 Å². The number of rotatable bonds is 9. The summed E-state index contributed by atoms with van der Waals surface area (Å²) in [5.41, 5.74) is 3.11. The smallest absolute Gasteiger partial charge is 0.226 e. The summed E-state index contributed by atoms with van der Waals surface area (Å²) < 4.78 is 5.71. The third-order valence-electron chi connectivity index (χ3n) is 4.17. The maximum Gasteiger partial charge on any atom is 0.226 e. The third kappa shape index (κ3) is 6.08. The zero-order valence-electron chi connectivity index (χ0n) is 15.8. The summed E-state index contributed by atoms with van der Waals surface area (Å²) in [6, 6.07) is 15.6. The number of ether oxygens (including phenoxy) is 1. The van der Waals surface area contributed by atoms with E-state index < -0.39 is 0 Å². The summed E-state index contributed by atoms with van der Waals surface area (Å²) in [7, 11) is 0. The maximum absolute atomic E-state index is 12.1. The Balaban J connectivity index is 1.40. The van der Waals surface area contributed by atoms with Gasteiger partial charge in [-0.05, 0) is 42.7 Å². The number of hydrogen-bond acceptors (Lipinski definition) is 4. The lowest BCUT2D eigenvalue weighted by atomic mass is 10.1. The summed E-state index contributed by atoms with van der Waals surface area (Å²) >= 11 is 7.32. The predicted octanol–water partition coefficient (Wildman–Crippen LogP) is 6.21. The van der Waals surface area contributed by atoms with Crippen molar-refractivity contribution in [2.75, 3.05) is 11.9 Å². The Labute approximate surface area is 174 Å². The fraction of sp³-hybridized carbons (Fsp3) is 0.273. The van der Waals surface area contributed by atoms with Crippen LogP contribution in [0.2, 0.25) is 5.02 Å². The number of nitrogens with one attached hydrogen (secondary N) is 1. The van der Waals surface area contributed by atoms with Gasteiger partial charge < -0.3 is 10.1 Å². The second-order valence-electron chi connectivity index (χ2n) is 6.44. The molecule has 1 aromatic heterocycles. The lowest BCUT2D eigenvalue weighted by Crippen LogP contribution is -2.12. The number of halogens is 1. The number of carbonyl (C=O) groups excluding carboxylic acids is 1. The molecule has 1 heterocycles. The van der Waals surface area contributed by atoms with Gasteiger partial charge in [-0.1, -0.05) is 49.2 Å². The minimum absolute atomic E-state index is 0.0566. The fourth-order valence-corrected chi connectivity index (χ4v) is 3.59. The normalized spacial score (nSPS) is 10.6. The van der Waals surface area contributed by atoms with Crippen LogP contribution in [0, 0.1) is 0 Å². The van der Waals surface area contributed by atoms with Gasteiger partial charge in [-0.3, -0.25) is 4.79 Å². The summed E-state index contributed by atoms with van der Waals surface area (Å²) in [4.78, 5) is 16.6. The Hall–Kier alpha value is -2.37. The Morgan fingerprint density at radius 1 is 1.14 bits per heavy atom. The van der Waals surface area contributed by atoms with Crippen molar-refractivity contribution >= 4 is 34.0 Å². The van der Waals surface area contributed by atoms with Gasteiger partial charge >= 0.3 is 0 Å². The van der Waals surface area contributed by atoms with Crippen molar-refractivity contribution < 1.29 is 9.53 Å². The number of aryl methyl sites for hydroxylation is 1. The zero-order chi connectivity index (χ0) is 19.8. The molecule has 0 atom stereocenters. The summed E-state index contributed by atoms with van der Waals surface area (Å²) in [6.07, 6.45) is 3.26. The fourth-order valence-electron chi connectivity index (χ4n) is 2.73. The third-order valence-corrected chi connectivity index (χ3v) is 5.18. The van der Waals surface area contributed by atoms with Crippen molar-refractivity contribution in [3.8, 4) is 17.0 Å². The van der Waals surface area contributed by atoms with Crippen molar-refractivity contribution in [3.05, 3.63) is 64.5 Å². The molecule has 0 unspecified atom stereocenters. The second kappa shape index (κ2) is 10.2. The molecule has 1 amide bonds. The number of thiazole rings is 1. The van der Waals surface area contributed by atoms with Gasteiger partial charge in [0.25, 0.3) is 0 Å². The molecule has 3 aromatic rings. The molecule has 0 aliphatic carbocycles. The summed E-state index contributed by atoms with van der Waals surface area (Å²) in [5.74, 6) is 0.784. The average molecular weight is 415 g/mol. The quantitative estimate of drug-likeness (QED) is 0.423. The minimum Gasteiger partial charge on any atom is -0.494 e. The lowest BCUT2D eigenvalue weighted by Gasteiger charge is -2.07. The van der Waals surface area contributed by atoms with Crippen molar-refractivity contribution in [2.24, 2.45) is 0 Å². The van der Waals surface area contributed by atoms with Crippen LogP contribution in [0.1, 0.15) is 31.7 Å². The molecule has 0 bridgehead atoms. The van der Waals surface area contributed by atoms with Crippen molar-refractivity contribution in [3.63, 3.8) is 0 Å². The highest BCUT2D eigenvalue weighted by Crippen LogP contribution is 2.26. The van der Waals surface area contributed by atoms with Crippen LogP contribution in [0.25, 0.3) is 11.3 Å². The van der Waals surface area contributed by atoms with Crippen LogP contribution < -0.4 is 10.1 Å². The van der Waals surface area contributed by atoms with Crippen LogP contribution in [-0.4, -0.2) is 17.5 Å². The Morgan fingerprint density at radius 2 is 1.89 bits per heavy atom.